The standard InChI is InChI=1S/C13H18Cl2N2/c1-3-5-6-12(16-7-4-2)13-11(15)8-10(14)9-17-13/h3,8-9,12,16H,1,4-7H2,2H3. The highest BCUT2D eigenvalue weighted by Crippen LogP contribution is 2.26. The van der Waals surface area contributed by atoms with Gasteiger partial charge in [0.25, 0.3) is 0 Å². The van der Waals surface area contributed by atoms with Crippen LogP contribution in [0.5, 0.6) is 0 Å². The van der Waals surface area contributed by atoms with Gasteiger partial charge in [0.05, 0.1) is 21.8 Å². The molecule has 2 nitrogen and oxygen atoms in total. The zero-order valence-corrected chi connectivity index (χ0v) is 11.6. The van der Waals surface area contributed by atoms with E-state index in [1.807, 2.05) is 6.08 Å². The zero-order chi connectivity index (χ0) is 12.7. The average molecular weight is 273 g/mol. The lowest BCUT2D eigenvalue weighted by Gasteiger charge is -2.18. The molecule has 0 aromatic carbocycles. The number of hydrogen-bond acceptors (Lipinski definition) is 2. The van der Waals surface area contributed by atoms with E-state index in [4.69, 9.17) is 23.2 Å². The van der Waals surface area contributed by atoms with Crippen molar-refractivity contribution in [2.24, 2.45) is 0 Å². The van der Waals surface area contributed by atoms with Gasteiger partial charge in [-0.1, -0.05) is 36.2 Å². The molecule has 0 bridgehead atoms. The third-order valence-corrected chi connectivity index (χ3v) is 2.98. The maximum absolute atomic E-state index is 6.17. The Balaban J connectivity index is 2.82. The van der Waals surface area contributed by atoms with Gasteiger partial charge in [0.1, 0.15) is 0 Å². The summed E-state index contributed by atoms with van der Waals surface area (Å²) in [4.78, 5) is 4.32. The molecule has 17 heavy (non-hydrogen) atoms. The second kappa shape index (κ2) is 7.70. The largest absolute Gasteiger partial charge is 0.309 e. The van der Waals surface area contributed by atoms with Crippen LogP contribution in [-0.2, 0) is 0 Å². The molecule has 1 aromatic rings. The minimum absolute atomic E-state index is 0.165. The molecule has 0 saturated heterocycles. The summed E-state index contributed by atoms with van der Waals surface area (Å²) in [5.41, 5.74) is 0.867. The topological polar surface area (TPSA) is 24.9 Å². The molecular weight excluding hydrogens is 255 g/mol. The van der Waals surface area contributed by atoms with Crippen LogP contribution in [-0.4, -0.2) is 11.5 Å². The Labute approximate surface area is 113 Å². The Morgan fingerprint density at radius 2 is 2.29 bits per heavy atom. The lowest BCUT2D eigenvalue weighted by atomic mass is 10.1. The Morgan fingerprint density at radius 3 is 2.88 bits per heavy atom. The second-order valence-electron chi connectivity index (χ2n) is 3.89. The predicted octanol–water partition coefficient (Wildman–Crippen LogP) is 4.40. The van der Waals surface area contributed by atoms with Crippen molar-refractivity contribution >= 4 is 23.2 Å². The van der Waals surface area contributed by atoms with Gasteiger partial charge in [0.2, 0.25) is 0 Å². The van der Waals surface area contributed by atoms with E-state index in [2.05, 4.69) is 23.8 Å². The van der Waals surface area contributed by atoms with E-state index >= 15 is 0 Å². The summed E-state index contributed by atoms with van der Waals surface area (Å²) < 4.78 is 0. The second-order valence-corrected chi connectivity index (χ2v) is 4.74. The highest BCUT2D eigenvalue weighted by molar-refractivity contribution is 6.34. The number of pyridine rings is 1. The smallest absolute Gasteiger partial charge is 0.0760 e. The van der Waals surface area contributed by atoms with Crippen molar-refractivity contribution in [3.8, 4) is 0 Å². The fourth-order valence-electron chi connectivity index (χ4n) is 1.62. The van der Waals surface area contributed by atoms with E-state index in [1.165, 1.54) is 0 Å². The minimum atomic E-state index is 0.165. The van der Waals surface area contributed by atoms with Crippen molar-refractivity contribution in [3.63, 3.8) is 0 Å². The van der Waals surface area contributed by atoms with Crippen LogP contribution < -0.4 is 5.32 Å². The molecule has 0 saturated carbocycles. The molecule has 0 aliphatic rings. The number of halogens is 2. The van der Waals surface area contributed by atoms with E-state index in [0.29, 0.717) is 10.0 Å². The van der Waals surface area contributed by atoms with Crippen molar-refractivity contribution in [3.05, 3.63) is 40.7 Å². The van der Waals surface area contributed by atoms with Crippen molar-refractivity contribution < 1.29 is 0 Å². The molecule has 0 amide bonds. The van der Waals surface area contributed by atoms with Gasteiger partial charge in [0, 0.05) is 6.20 Å². The average Bonchev–Trinajstić information content (AvgIpc) is 2.30. The van der Waals surface area contributed by atoms with Gasteiger partial charge in [-0.05, 0) is 31.9 Å². The van der Waals surface area contributed by atoms with Crippen LogP contribution >= 0.6 is 23.2 Å². The van der Waals surface area contributed by atoms with Gasteiger partial charge in [-0.2, -0.15) is 0 Å². The summed E-state index contributed by atoms with van der Waals surface area (Å²) >= 11 is 12.0. The van der Waals surface area contributed by atoms with E-state index in [0.717, 1.165) is 31.5 Å². The minimum Gasteiger partial charge on any atom is -0.309 e. The van der Waals surface area contributed by atoms with Crippen molar-refractivity contribution in [1.29, 1.82) is 0 Å². The first-order chi connectivity index (χ1) is 8.19. The summed E-state index contributed by atoms with van der Waals surface area (Å²) in [5.74, 6) is 0. The molecule has 0 radical (unpaired) electrons. The van der Waals surface area contributed by atoms with Gasteiger partial charge in [-0.25, -0.2) is 0 Å². The van der Waals surface area contributed by atoms with Crippen LogP contribution in [0.15, 0.2) is 24.9 Å². The fraction of sp³-hybridized carbons (Fsp3) is 0.462. The normalized spacial score (nSPS) is 12.4. The number of nitrogens with one attached hydrogen (secondary N) is 1. The molecule has 1 N–H and O–H groups in total. The van der Waals surface area contributed by atoms with Crippen LogP contribution in [0.4, 0.5) is 0 Å². The fourth-order valence-corrected chi connectivity index (χ4v) is 2.13. The molecule has 0 aliphatic carbocycles. The van der Waals surface area contributed by atoms with Crippen molar-refractivity contribution in [2.75, 3.05) is 6.54 Å². The monoisotopic (exact) mass is 272 g/mol. The highest BCUT2D eigenvalue weighted by atomic mass is 35.5. The maximum atomic E-state index is 6.17. The van der Waals surface area contributed by atoms with Gasteiger partial charge in [0.15, 0.2) is 0 Å². The van der Waals surface area contributed by atoms with E-state index in [-0.39, 0.29) is 6.04 Å². The summed E-state index contributed by atoms with van der Waals surface area (Å²) in [7, 11) is 0. The highest BCUT2D eigenvalue weighted by Gasteiger charge is 2.15. The van der Waals surface area contributed by atoms with Gasteiger partial charge < -0.3 is 5.32 Å². The van der Waals surface area contributed by atoms with Crippen molar-refractivity contribution in [1.82, 2.24) is 10.3 Å². The van der Waals surface area contributed by atoms with Crippen LogP contribution in [0.2, 0.25) is 10.0 Å². The lowest BCUT2D eigenvalue weighted by molar-refractivity contribution is 0.492. The molecule has 0 aliphatic heterocycles. The first kappa shape index (κ1) is 14.5. The van der Waals surface area contributed by atoms with Gasteiger partial charge in [-0.15, -0.1) is 6.58 Å². The first-order valence-electron chi connectivity index (χ1n) is 5.84. The Kier molecular flexibility index (Phi) is 6.56. The van der Waals surface area contributed by atoms with Crippen LogP contribution in [0.25, 0.3) is 0 Å². The van der Waals surface area contributed by atoms with Crippen molar-refractivity contribution in [2.45, 2.75) is 32.2 Å². The molecule has 1 heterocycles. The third kappa shape index (κ3) is 4.66. The molecule has 1 rings (SSSR count). The van der Waals surface area contributed by atoms with Gasteiger partial charge in [-0.3, -0.25) is 4.98 Å². The molecule has 0 spiro atoms. The number of rotatable bonds is 7. The molecular formula is C13H18Cl2N2. The number of hydrogen-bond donors (Lipinski definition) is 1. The molecule has 1 atom stereocenters. The summed E-state index contributed by atoms with van der Waals surface area (Å²) in [6.07, 6.45) is 6.50. The molecule has 1 unspecified atom stereocenters. The zero-order valence-electron chi connectivity index (χ0n) is 10.0. The molecule has 1 aromatic heterocycles. The Bertz CT molecular complexity index is 366. The first-order valence-corrected chi connectivity index (χ1v) is 6.59. The SMILES string of the molecule is C=CCCC(NCCC)c1ncc(Cl)cc1Cl. The Morgan fingerprint density at radius 1 is 1.53 bits per heavy atom. The number of allylic oxidation sites excluding steroid dienone is 1. The summed E-state index contributed by atoms with van der Waals surface area (Å²) in [5, 5.41) is 4.63. The van der Waals surface area contributed by atoms with Gasteiger partial charge >= 0.3 is 0 Å². The van der Waals surface area contributed by atoms with E-state index in [9.17, 15) is 0 Å². The number of nitrogens with zero attached hydrogens (tertiary/aromatic N) is 1. The molecule has 0 fully saturated rings. The van der Waals surface area contributed by atoms with Crippen LogP contribution in [0.3, 0.4) is 0 Å². The lowest BCUT2D eigenvalue weighted by Crippen LogP contribution is -2.23. The number of aromatic nitrogens is 1. The van der Waals surface area contributed by atoms with Crippen LogP contribution in [0.1, 0.15) is 37.9 Å². The van der Waals surface area contributed by atoms with E-state index in [1.54, 1.807) is 12.3 Å². The quantitative estimate of drug-likeness (QED) is 0.745. The summed E-state index contributed by atoms with van der Waals surface area (Å²) in [6, 6.07) is 1.90. The third-order valence-electron chi connectivity index (χ3n) is 2.47. The molecule has 4 heteroatoms. The molecule has 94 valence electrons. The Hall–Kier alpha value is -0.570. The maximum Gasteiger partial charge on any atom is 0.0760 e. The predicted molar refractivity (Wildman–Crippen MR) is 74.7 cm³/mol. The van der Waals surface area contributed by atoms with E-state index < -0.39 is 0 Å². The van der Waals surface area contributed by atoms with Crippen LogP contribution in [0, 0.1) is 0 Å². The summed E-state index contributed by atoms with van der Waals surface area (Å²) in [6.45, 7) is 6.82.